The van der Waals surface area contributed by atoms with Crippen LogP contribution in [0, 0.1) is 6.92 Å². The summed E-state index contributed by atoms with van der Waals surface area (Å²) in [5, 5.41) is 34.5. The Kier molecular flexibility index (Phi) is 15.9. The molecule has 0 fully saturated rings. The van der Waals surface area contributed by atoms with E-state index in [2.05, 4.69) is 68.5 Å². The van der Waals surface area contributed by atoms with E-state index < -0.39 is 59.4 Å². The molecule has 6 N–H and O–H groups in total. The Morgan fingerprint density at radius 3 is 1.99 bits per heavy atom. The lowest BCUT2D eigenvalue weighted by Crippen LogP contribution is -2.33. The van der Waals surface area contributed by atoms with Crippen molar-refractivity contribution >= 4 is 77.2 Å². The van der Waals surface area contributed by atoms with Crippen LogP contribution in [0.1, 0.15) is 91.3 Å². The number of carbonyl (C=O) groups excluding carboxylic acids is 2. The number of fused-ring (bicyclic) bond motifs is 1. The Hall–Kier alpha value is -5.99. The number of phenols is 2. The Bertz CT molecular complexity index is 2960. The highest BCUT2D eigenvalue weighted by atomic mass is 35.5. The molecular formula is C47H55ClN4O13S2. The van der Waals surface area contributed by atoms with Crippen molar-refractivity contribution in [3.63, 3.8) is 0 Å². The normalized spacial score (nSPS) is 12.8. The Balaban J connectivity index is 1.28. The fourth-order valence-electron chi connectivity index (χ4n) is 6.84. The predicted octanol–water partition coefficient (Wildman–Crippen LogP) is 10.7. The number of anilines is 2. The van der Waals surface area contributed by atoms with Crippen molar-refractivity contribution in [1.82, 2.24) is 0 Å². The van der Waals surface area contributed by atoms with Gasteiger partial charge in [0.25, 0.3) is 26.1 Å². The van der Waals surface area contributed by atoms with E-state index in [0.29, 0.717) is 23.5 Å². The predicted molar refractivity (Wildman–Crippen MR) is 255 cm³/mol. The van der Waals surface area contributed by atoms with Crippen molar-refractivity contribution in [1.29, 1.82) is 0 Å². The van der Waals surface area contributed by atoms with Gasteiger partial charge in [-0.25, -0.2) is 0 Å². The first kappa shape index (κ1) is 52.0. The summed E-state index contributed by atoms with van der Waals surface area (Å²) in [5.41, 5.74) is 1.45. The number of hydrogen-bond acceptors (Lipinski definition) is 13. The smallest absolute Gasteiger partial charge is 0.296 e. The van der Waals surface area contributed by atoms with Gasteiger partial charge < -0.3 is 35.1 Å². The lowest BCUT2D eigenvalue weighted by molar-refractivity contribution is -0.123. The van der Waals surface area contributed by atoms with E-state index in [-0.39, 0.29) is 68.4 Å². The third kappa shape index (κ3) is 12.1. The lowest BCUT2D eigenvalue weighted by atomic mass is 9.76. The third-order valence-corrected chi connectivity index (χ3v) is 13.8. The summed E-state index contributed by atoms with van der Waals surface area (Å²) in [6.45, 7) is 17.5. The number of aromatic hydroxyl groups is 2. The monoisotopic (exact) mass is 982 g/mol. The summed E-state index contributed by atoms with van der Waals surface area (Å²) < 4.78 is 86.4. The molecule has 0 heterocycles. The van der Waals surface area contributed by atoms with Crippen LogP contribution in [-0.4, -0.2) is 67.3 Å². The minimum Gasteiger partial charge on any atom is -0.505 e. The molecule has 0 radical (unpaired) electrons. The van der Waals surface area contributed by atoms with Gasteiger partial charge in [0.05, 0.1) is 27.0 Å². The number of nitrogens with zero attached hydrogens (tertiary/aromatic N) is 2. The fourth-order valence-corrected chi connectivity index (χ4v) is 8.24. The maximum atomic E-state index is 13.7. The van der Waals surface area contributed by atoms with Crippen molar-refractivity contribution in [2.75, 3.05) is 23.8 Å². The molecular weight excluding hydrogens is 928 g/mol. The first-order valence-electron chi connectivity index (χ1n) is 21.2. The Labute approximate surface area is 395 Å². The number of azo groups is 1. The molecule has 5 aromatic carbocycles. The van der Waals surface area contributed by atoms with Gasteiger partial charge in [0.2, 0.25) is 5.91 Å². The highest BCUT2D eigenvalue weighted by molar-refractivity contribution is 7.86. The molecule has 0 bridgehead atoms. The number of phenolic OH excluding ortho intramolecular Hbond substituents is 2. The van der Waals surface area contributed by atoms with Crippen LogP contribution < -0.4 is 24.8 Å². The molecule has 67 heavy (non-hydrogen) atoms. The van der Waals surface area contributed by atoms with Gasteiger partial charge in [-0.3, -0.25) is 18.7 Å². The summed E-state index contributed by atoms with van der Waals surface area (Å²) >= 11 is 6.50. The van der Waals surface area contributed by atoms with Gasteiger partial charge in [-0.05, 0) is 96.5 Å². The summed E-state index contributed by atoms with van der Waals surface area (Å²) in [4.78, 5) is 24.0. The number of rotatable bonds is 19. The third-order valence-electron chi connectivity index (χ3n) is 11.6. The topological polar surface area (TPSA) is 260 Å². The number of nitrogens with one attached hydrogen (secondary N) is 2. The molecule has 0 aliphatic carbocycles. The van der Waals surface area contributed by atoms with Gasteiger partial charge in [-0.1, -0.05) is 72.2 Å². The maximum absolute atomic E-state index is 13.7. The van der Waals surface area contributed by atoms with Crippen LogP contribution in [0.15, 0.2) is 86.7 Å². The first-order chi connectivity index (χ1) is 31.2. The SMILES string of the molecule is CCC(Oc1ccc(C(C)(C)CC)cc1C(C)(C)CC)C(=O)Nc1cc(OCCOc2ccc(N=Nc3c(S(=O)(=O)O)cc4cc(S(=O)(=O)O)cc(NC(C)=O)c4c3O)cc2)c(C)c(Cl)c1O. The van der Waals surface area contributed by atoms with Crippen LogP contribution in [0.4, 0.5) is 22.7 Å². The van der Waals surface area contributed by atoms with E-state index in [0.717, 1.165) is 43.5 Å². The van der Waals surface area contributed by atoms with Crippen LogP contribution in [0.2, 0.25) is 5.02 Å². The number of hydrogen-bond donors (Lipinski definition) is 6. The van der Waals surface area contributed by atoms with Crippen LogP contribution in [0.3, 0.4) is 0 Å². The molecule has 0 aliphatic rings. The number of amides is 2. The van der Waals surface area contributed by atoms with Crippen LogP contribution in [0.25, 0.3) is 10.8 Å². The molecule has 5 rings (SSSR count). The summed E-state index contributed by atoms with van der Waals surface area (Å²) in [6.07, 6.45) is 1.22. The molecule has 0 aromatic heterocycles. The molecule has 5 aromatic rings. The second-order valence-electron chi connectivity index (χ2n) is 17.1. The molecule has 0 saturated carbocycles. The van der Waals surface area contributed by atoms with Crippen molar-refractivity contribution in [3.05, 3.63) is 88.4 Å². The second-order valence-corrected chi connectivity index (χ2v) is 20.3. The van der Waals surface area contributed by atoms with Gasteiger partial charge in [0.15, 0.2) is 17.6 Å². The molecule has 360 valence electrons. The van der Waals surface area contributed by atoms with E-state index in [1.807, 2.05) is 19.1 Å². The summed E-state index contributed by atoms with van der Waals surface area (Å²) in [7, 11) is -9.96. The van der Waals surface area contributed by atoms with Gasteiger partial charge in [-0.15, -0.1) is 5.11 Å². The van der Waals surface area contributed by atoms with E-state index >= 15 is 0 Å². The Morgan fingerprint density at radius 1 is 0.761 bits per heavy atom. The highest BCUT2D eigenvalue weighted by Gasteiger charge is 2.30. The van der Waals surface area contributed by atoms with Gasteiger partial charge in [0, 0.05) is 29.5 Å². The standard InChI is InChI=1S/C47H55ClN4O13S2/c1-10-36(65-37-18-13-29(46(6,7)11-2)23-33(37)47(8,9)12-3)45(56)50-35-25-38(26(4)41(48)43(35)54)64-20-19-63-31-16-14-30(15-17-31)51-52-42-39(67(60,61)62)22-28-21-32(66(57,58)59)24-34(49-27(5)53)40(28)44(42)55/h13-18,21-25,36,54-55H,10-12,19-20H2,1-9H3,(H,49,53)(H,50,56)(H,57,58,59)(H,60,61,62). The number of ether oxygens (including phenoxy) is 3. The van der Waals surface area contributed by atoms with E-state index in [4.69, 9.17) is 25.8 Å². The average Bonchev–Trinajstić information content (AvgIpc) is 3.26. The molecule has 1 atom stereocenters. The Morgan fingerprint density at radius 2 is 1.40 bits per heavy atom. The number of benzene rings is 5. The van der Waals surface area contributed by atoms with Crippen LogP contribution >= 0.6 is 11.6 Å². The first-order valence-corrected chi connectivity index (χ1v) is 24.5. The average molecular weight is 984 g/mol. The van der Waals surface area contributed by atoms with Gasteiger partial charge >= 0.3 is 0 Å². The van der Waals surface area contributed by atoms with E-state index in [1.165, 1.54) is 35.9 Å². The van der Waals surface area contributed by atoms with Crippen molar-refractivity contribution in [2.24, 2.45) is 10.2 Å². The number of halogens is 1. The molecule has 1 unspecified atom stereocenters. The van der Waals surface area contributed by atoms with Crippen molar-refractivity contribution in [3.8, 4) is 28.7 Å². The summed E-state index contributed by atoms with van der Waals surface area (Å²) in [5.74, 6) is -1.16. The molecule has 0 aliphatic heterocycles. The minimum absolute atomic E-state index is 0.00413. The zero-order valence-corrected chi connectivity index (χ0v) is 40.9. The maximum Gasteiger partial charge on any atom is 0.296 e. The minimum atomic E-state index is -5.11. The molecule has 0 saturated heterocycles. The van der Waals surface area contributed by atoms with Crippen LogP contribution in [-0.2, 0) is 40.7 Å². The van der Waals surface area contributed by atoms with E-state index in [1.54, 1.807) is 6.92 Å². The number of carbonyl (C=O) groups is 2. The largest absolute Gasteiger partial charge is 0.505 e. The van der Waals surface area contributed by atoms with Crippen molar-refractivity contribution < 1.29 is 60.0 Å². The van der Waals surface area contributed by atoms with Crippen molar-refractivity contribution in [2.45, 2.75) is 108 Å². The molecule has 0 spiro atoms. The highest BCUT2D eigenvalue weighted by Crippen LogP contribution is 2.46. The van der Waals surface area contributed by atoms with Gasteiger partial charge in [0.1, 0.15) is 41.0 Å². The molecule has 2 amide bonds. The molecule has 20 heteroatoms. The van der Waals surface area contributed by atoms with Crippen LogP contribution in [0.5, 0.6) is 28.7 Å². The lowest BCUT2D eigenvalue weighted by Gasteiger charge is -2.31. The second kappa shape index (κ2) is 20.5. The van der Waals surface area contributed by atoms with Gasteiger partial charge in [-0.2, -0.15) is 21.9 Å². The van der Waals surface area contributed by atoms with E-state index in [9.17, 15) is 45.7 Å². The fraction of sp³-hybridized carbons (Fsp3) is 0.362. The summed E-state index contributed by atoms with van der Waals surface area (Å²) in [6, 6.07) is 16.0. The molecule has 17 nitrogen and oxygen atoms in total. The zero-order chi connectivity index (χ0) is 49.8. The zero-order valence-electron chi connectivity index (χ0n) is 38.5. The quantitative estimate of drug-likeness (QED) is 0.0195.